The minimum atomic E-state index is 0.704. The lowest BCUT2D eigenvalue weighted by Crippen LogP contribution is -2.37. The zero-order valence-electron chi connectivity index (χ0n) is 10.4. The molecule has 0 bridgehead atoms. The van der Waals surface area contributed by atoms with Crippen molar-refractivity contribution in [3.63, 3.8) is 0 Å². The predicted octanol–water partition coefficient (Wildman–Crippen LogP) is 0.513. The zero-order chi connectivity index (χ0) is 12.1. The standard InChI is InChI=1S/C12H20N4O/c1-10-14-11(3-2-4-13)9-12(15-10)16-5-7-17-8-6-16/h9H,2-8,13H2,1H3. The Balaban J connectivity index is 2.12. The molecule has 17 heavy (non-hydrogen) atoms. The van der Waals surface area contributed by atoms with Crippen molar-refractivity contribution in [3.8, 4) is 0 Å². The Morgan fingerprint density at radius 3 is 2.82 bits per heavy atom. The van der Waals surface area contributed by atoms with E-state index in [-0.39, 0.29) is 0 Å². The molecule has 2 rings (SSSR count). The van der Waals surface area contributed by atoms with Gasteiger partial charge in [-0.2, -0.15) is 0 Å². The maximum atomic E-state index is 5.52. The van der Waals surface area contributed by atoms with Gasteiger partial charge in [-0.05, 0) is 26.3 Å². The van der Waals surface area contributed by atoms with Gasteiger partial charge in [0.25, 0.3) is 0 Å². The number of hydrogen-bond acceptors (Lipinski definition) is 5. The zero-order valence-corrected chi connectivity index (χ0v) is 10.4. The number of nitrogens with two attached hydrogens (primary N) is 1. The fourth-order valence-corrected chi connectivity index (χ4v) is 1.98. The lowest BCUT2D eigenvalue weighted by atomic mass is 10.2. The monoisotopic (exact) mass is 236 g/mol. The van der Waals surface area contributed by atoms with E-state index in [2.05, 4.69) is 20.9 Å². The van der Waals surface area contributed by atoms with Crippen LogP contribution in [0.3, 0.4) is 0 Å². The molecule has 0 atom stereocenters. The molecule has 1 aromatic rings. The van der Waals surface area contributed by atoms with Crippen LogP contribution in [-0.2, 0) is 11.2 Å². The number of rotatable bonds is 4. The third kappa shape index (κ3) is 3.38. The maximum absolute atomic E-state index is 5.52. The van der Waals surface area contributed by atoms with Crippen LogP contribution in [0.2, 0.25) is 0 Å². The van der Waals surface area contributed by atoms with Crippen LogP contribution >= 0.6 is 0 Å². The van der Waals surface area contributed by atoms with Crippen LogP contribution in [0, 0.1) is 6.92 Å². The molecule has 5 nitrogen and oxygen atoms in total. The van der Waals surface area contributed by atoms with Gasteiger partial charge in [0, 0.05) is 24.8 Å². The topological polar surface area (TPSA) is 64.3 Å². The van der Waals surface area contributed by atoms with Crippen LogP contribution in [-0.4, -0.2) is 42.8 Å². The molecule has 94 valence electrons. The molecule has 1 aromatic heterocycles. The Bertz CT molecular complexity index is 364. The first-order chi connectivity index (χ1) is 8.29. The van der Waals surface area contributed by atoms with Crippen LogP contribution in [0.4, 0.5) is 5.82 Å². The van der Waals surface area contributed by atoms with Crippen LogP contribution in [0.15, 0.2) is 6.07 Å². The molecule has 1 fully saturated rings. The van der Waals surface area contributed by atoms with Gasteiger partial charge in [-0.3, -0.25) is 0 Å². The van der Waals surface area contributed by atoms with Crippen LogP contribution < -0.4 is 10.6 Å². The van der Waals surface area contributed by atoms with Gasteiger partial charge < -0.3 is 15.4 Å². The number of aromatic nitrogens is 2. The van der Waals surface area contributed by atoms with E-state index in [9.17, 15) is 0 Å². The molecule has 0 spiro atoms. The first kappa shape index (κ1) is 12.3. The summed E-state index contributed by atoms with van der Waals surface area (Å²) in [6.07, 6.45) is 1.90. The Kier molecular flexibility index (Phi) is 4.28. The smallest absolute Gasteiger partial charge is 0.132 e. The lowest BCUT2D eigenvalue weighted by molar-refractivity contribution is 0.122. The molecule has 2 heterocycles. The molecule has 1 aliphatic rings. The first-order valence-corrected chi connectivity index (χ1v) is 6.17. The normalized spacial score (nSPS) is 16.2. The second kappa shape index (κ2) is 5.93. The van der Waals surface area contributed by atoms with Crippen molar-refractivity contribution >= 4 is 5.82 Å². The predicted molar refractivity (Wildman–Crippen MR) is 67.2 cm³/mol. The van der Waals surface area contributed by atoms with Crippen LogP contribution in [0.5, 0.6) is 0 Å². The van der Waals surface area contributed by atoms with Gasteiger partial charge in [0.05, 0.1) is 13.2 Å². The van der Waals surface area contributed by atoms with Gasteiger partial charge in [-0.15, -0.1) is 0 Å². The number of anilines is 1. The summed E-state index contributed by atoms with van der Waals surface area (Å²) in [5, 5.41) is 0. The van der Waals surface area contributed by atoms with Crippen molar-refractivity contribution in [2.24, 2.45) is 5.73 Å². The van der Waals surface area contributed by atoms with Gasteiger partial charge >= 0.3 is 0 Å². The van der Waals surface area contributed by atoms with Crippen molar-refractivity contribution in [2.45, 2.75) is 19.8 Å². The summed E-state index contributed by atoms with van der Waals surface area (Å²) >= 11 is 0. The molecule has 1 aliphatic heterocycles. The van der Waals surface area contributed by atoms with Gasteiger partial charge in [0.1, 0.15) is 11.6 Å². The second-order valence-electron chi connectivity index (χ2n) is 4.26. The Morgan fingerprint density at radius 1 is 1.35 bits per heavy atom. The summed E-state index contributed by atoms with van der Waals surface area (Å²) in [6, 6.07) is 2.08. The average Bonchev–Trinajstić information content (AvgIpc) is 2.37. The highest BCUT2D eigenvalue weighted by Gasteiger charge is 2.13. The summed E-state index contributed by atoms with van der Waals surface area (Å²) in [5.74, 6) is 1.86. The van der Waals surface area contributed by atoms with Gasteiger partial charge in [0.2, 0.25) is 0 Å². The highest BCUT2D eigenvalue weighted by atomic mass is 16.5. The van der Waals surface area contributed by atoms with E-state index < -0.39 is 0 Å². The number of nitrogens with zero attached hydrogens (tertiary/aromatic N) is 3. The van der Waals surface area contributed by atoms with E-state index in [4.69, 9.17) is 10.5 Å². The van der Waals surface area contributed by atoms with E-state index in [0.717, 1.165) is 56.5 Å². The number of aryl methyl sites for hydroxylation is 2. The fourth-order valence-electron chi connectivity index (χ4n) is 1.98. The van der Waals surface area contributed by atoms with Gasteiger partial charge in [-0.1, -0.05) is 0 Å². The molecule has 0 radical (unpaired) electrons. The van der Waals surface area contributed by atoms with Crippen molar-refractivity contribution in [2.75, 3.05) is 37.7 Å². The van der Waals surface area contributed by atoms with E-state index >= 15 is 0 Å². The molecule has 0 unspecified atom stereocenters. The Labute approximate surface area is 102 Å². The summed E-state index contributed by atoms with van der Waals surface area (Å²) in [7, 11) is 0. The number of ether oxygens (including phenoxy) is 1. The molecule has 0 saturated carbocycles. The maximum Gasteiger partial charge on any atom is 0.132 e. The fraction of sp³-hybridized carbons (Fsp3) is 0.667. The van der Waals surface area contributed by atoms with Crippen molar-refractivity contribution in [1.82, 2.24) is 9.97 Å². The molecule has 5 heteroatoms. The largest absolute Gasteiger partial charge is 0.378 e. The summed E-state index contributed by atoms with van der Waals surface area (Å²) < 4.78 is 5.34. The SMILES string of the molecule is Cc1nc(CCCN)cc(N2CCOCC2)n1. The molecule has 1 saturated heterocycles. The van der Waals surface area contributed by atoms with E-state index in [0.29, 0.717) is 6.54 Å². The highest BCUT2D eigenvalue weighted by Crippen LogP contribution is 2.15. The summed E-state index contributed by atoms with van der Waals surface area (Å²) in [5.41, 5.74) is 6.61. The van der Waals surface area contributed by atoms with E-state index in [1.54, 1.807) is 0 Å². The minimum Gasteiger partial charge on any atom is -0.378 e. The molecule has 0 aromatic carbocycles. The van der Waals surface area contributed by atoms with Crippen molar-refractivity contribution in [1.29, 1.82) is 0 Å². The molecular formula is C12H20N4O. The summed E-state index contributed by atoms with van der Waals surface area (Å²) in [6.45, 7) is 6.02. The first-order valence-electron chi connectivity index (χ1n) is 6.17. The molecule has 2 N–H and O–H groups in total. The van der Waals surface area contributed by atoms with Gasteiger partial charge in [-0.25, -0.2) is 9.97 Å². The average molecular weight is 236 g/mol. The van der Waals surface area contributed by atoms with Crippen molar-refractivity contribution < 1.29 is 4.74 Å². The third-order valence-electron chi connectivity index (χ3n) is 2.85. The second-order valence-corrected chi connectivity index (χ2v) is 4.26. The lowest BCUT2D eigenvalue weighted by Gasteiger charge is -2.28. The summed E-state index contributed by atoms with van der Waals surface area (Å²) in [4.78, 5) is 11.2. The van der Waals surface area contributed by atoms with Gasteiger partial charge in [0.15, 0.2) is 0 Å². The Hall–Kier alpha value is -1.20. The Morgan fingerprint density at radius 2 is 2.12 bits per heavy atom. The van der Waals surface area contributed by atoms with Crippen LogP contribution in [0.25, 0.3) is 0 Å². The quantitative estimate of drug-likeness (QED) is 0.825. The molecule has 0 aliphatic carbocycles. The third-order valence-corrected chi connectivity index (χ3v) is 2.85. The number of hydrogen-bond donors (Lipinski definition) is 1. The highest BCUT2D eigenvalue weighted by molar-refractivity contribution is 5.40. The van der Waals surface area contributed by atoms with Crippen LogP contribution in [0.1, 0.15) is 17.9 Å². The molecular weight excluding hydrogens is 216 g/mol. The van der Waals surface area contributed by atoms with Crippen molar-refractivity contribution in [3.05, 3.63) is 17.6 Å². The number of morpholine rings is 1. The molecule has 0 amide bonds. The van der Waals surface area contributed by atoms with E-state index in [1.165, 1.54) is 0 Å². The van der Waals surface area contributed by atoms with E-state index in [1.807, 2.05) is 6.92 Å². The minimum absolute atomic E-state index is 0.704.